The van der Waals surface area contributed by atoms with Crippen LogP contribution in [-0.4, -0.2) is 25.7 Å². The molecule has 0 aromatic heterocycles. The molecule has 1 heterocycles. The molecule has 0 unspecified atom stereocenters. The number of hydroxylamine groups is 1. The van der Waals surface area contributed by atoms with Crippen LogP contribution in [-0.2, 0) is 16.2 Å². The van der Waals surface area contributed by atoms with E-state index >= 15 is 0 Å². The Hall–Kier alpha value is -1.31. The second kappa shape index (κ2) is 6.74. The molecule has 0 saturated heterocycles. The number of rotatable bonds is 5. The van der Waals surface area contributed by atoms with Gasteiger partial charge in [-0.1, -0.05) is 0 Å². The SMILES string of the molecule is NC(=O)CONCc1cc(Br)c2c(c1)OCCCO2. The quantitative estimate of drug-likeness (QED) is 0.624. The number of hydrogen-bond donors (Lipinski definition) is 2. The molecule has 0 spiro atoms. The monoisotopic (exact) mass is 330 g/mol. The maximum absolute atomic E-state index is 10.5. The van der Waals surface area contributed by atoms with E-state index in [0.29, 0.717) is 25.5 Å². The summed E-state index contributed by atoms with van der Waals surface area (Å²) in [4.78, 5) is 15.4. The lowest BCUT2D eigenvalue weighted by atomic mass is 10.2. The molecule has 0 atom stereocenters. The van der Waals surface area contributed by atoms with Gasteiger partial charge in [0.1, 0.15) is 6.61 Å². The highest BCUT2D eigenvalue weighted by Crippen LogP contribution is 2.38. The number of benzene rings is 1. The van der Waals surface area contributed by atoms with E-state index in [1.54, 1.807) is 0 Å². The molecule has 104 valence electrons. The summed E-state index contributed by atoms with van der Waals surface area (Å²) in [6, 6.07) is 3.79. The topological polar surface area (TPSA) is 82.8 Å². The fourth-order valence-electron chi connectivity index (χ4n) is 1.64. The molecular formula is C12H15BrN2O4. The molecular weight excluding hydrogens is 316 g/mol. The minimum atomic E-state index is -0.521. The van der Waals surface area contributed by atoms with Crippen molar-refractivity contribution >= 4 is 21.8 Å². The predicted octanol–water partition coefficient (Wildman–Crippen LogP) is 1.12. The summed E-state index contributed by atoms with van der Waals surface area (Å²) >= 11 is 3.45. The van der Waals surface area contributed by atoms with Crippen molar-refractivity contribution in [3.05, 3.63) is 22.2 Å². The van der Waals surface area contributed by atoms with Crippen molar-refractivity contribution < 1.29 is 19.1 Å². The summed E-state index contributed by atoms with van der Waals surface area (Å²) in [7, 11) is 0. The number of nitrogens with two attached hydrogens (primary N) is 1. The highest BCUT2D eigenvalue weighted by molar-refractivity contribution is 9.10. The van der Waals surface area contributed by atoms with Crippen LogP contribution >= 0.6 is 15.9 Å². The fourth-order valence-corrected chi connectivity index (χ4v) is 2.25. The summed E-state index contributed by atoms with van der Waals surface area (Å²) < 4.78 is 12.1. The molecule has 0 radical (unpaired) electrons. The van der Waals surface area contributed by atoms with Crippen LogP contribution in [0.1, 0.15) is 12.0 Å². The van der Waals surface area contributed by atoms with Crippen molar-refractivity contribution in [1.29, 1.82) is 0 Å². The molecule has 6 nitrogen and oxygen atoms in total. The van der Waals surface area contributed by atoms with Crippen molar-refractivity contribution in [2.45, 2.75) is 13.0 Å². The predicted molar refractivity (Wildman–Crippen MR) is 71.7 cm³/mol. The summed E-state index contributed by atoms with van der Waals surface area (Å²) in [6.07, 6.45) is 0.858. The Balaban J connectivity index is 2.00. The number of halogens is 1. The lowest BCUT2D eigenvalue weighted by Gasteiger charge is -2.12. The number of carbonyl (C=O) groups is 1. The van der Waals surface area contributed by atoms with Crippen LogP contribution in [0.2, 0.25) is 0 Å². The van der Waals surface area contributed by atoms with Gasteiger partial charge in [-0.05, 0) is 33.6 Å². The van der Waals surface area contributed by atoms with Crippen molar-refractivity contribution in [2.24, 2.45) is 5.73 Å². The van der Waals surface area contributed by atoms with Gasteiger partial charge in [0.2, 0.25) is 5.91 Å². The van der Waals surface area contributed by atoms with Gasteiger partial charge in [-0.15, -0.1) is 0 Å². The third kappa shape index (κ3) is 4.09. The summed E-state index contributed by atoms with van der Waals surface area (Å²) in [5.41, 5.74) is 8.57. The standard InChI is InChI=1S/C12H15BrN2O4/c13-9-4-8(6-15-19-7-11(14)16)5-10-12(9)18-3-1-2-17-10/h4-5,15H,1-3,6-7H2,(H2,14,16). The third-order valence-electron chi connectivity index (χ3n) is 2.45. The number of amides is 1. The van der Waals surface area contributed by atoms with Gasteiger partial charge in [0.05, 0.1) is 17.7 Å². The zero-order valence-corrected chi connectivity index (χ0v) is 11.9. The van der Waals surface area contributed by atoms with E-state index in [9.17, 15) is 4.79 Å². The van der Waals surface area contributed by atoms with Crippen molar-refractivity contribution in [3.8, 4) is 11.5 Å². The highest BCUT2D eigenvalue weighted by Gasteiger charge is 2.15. The molecule has 0 aliphatic carbocycles. The van der Waals surface area contributed by atoms with Gasteiger partial charge in [-0.3, -0.25) is 9.63 Å². The normalized spacial score (nSPS) is 13.9. The van der Waals surface area contributed by atoms with Gasteiger partial charge in [0.15, 0.2) is 11.5 Å². The summed E-state index contributed by atoms with van der Waals surface area (Å²) in [5.74, 6) is 0.908. The number of hydrogen-bond acceptors (Lipinski definition) is 5. The first-order valence-corrected chi connectivity index (χ1v) is 6.67. The van der Waals surface area contributed by atoms with Gasteiger partial charge in [0, 0.05) is 13.0 Å². The first-order chi connectivity index (χ1) is 9.16. The fraction of sp³-hybridized carbons (Fsp3) is 0.417. The number of nitrogens with one attached hydrogen (secondary N) is 1. The Morgan fingerprint density at radius 2 is 2.21 bits per heavy atom. The summed E-state index contributed by atoms with van der Waals surface area (Å²) in [5, 5.41) is 0. The van der Waals surface area contributed by atoms with Crippen molar-refractivity contribution in [2.75, 3.05) is 19.8 Å². The number of fused-ring (bicyclic) bond motifs is 1. The van der Waals surface area contributed by atoms with Gasteiger partial charge in [-0.25, -0.2) is 0 Å². The zero-order chi connectivity index (χ0) is 13.7. The van der Waals surface area contributed by atoms with Gasteiger partial charge in [-0.2, -0.15) is 5.48 Å². The van der Waals surface area contributed by atoms with Crippen LogP contribution in [0.3, 0.4) is 0 Å². The largest absolute Gasteiger partial charge is 0.490 e. The lowest BCUT2D eigenvalue weighted by Crippen LogP contribution is -2.24. The molecule has 1 amide bonds. The molecule has 0 fully saturated rings. The number of ether oxygens (including phenoxy) is 2. The van der Waals surface area contributed by atoms with Crippen molar-refractivity contribution in [1.82, 2.24) is 5.48 Å². The molecule has 1 aliphatic heterocycles. The second-order valence-corrected chi connectivity index (χ2v) is 4.89. The Morgan fingerprint density at radius 1 is 1.42 bits per heavy atom. The van der Waals surface area contributed by atoms with E-state index in [0.717, 1.165) is 22.2 Å². The van der Waals surface area contributed by atoms with Crippen LogP contribution in [0.4, 0.5) is 0 Å². The molecule has 1 aliphatic rings. The smallest absolute Gasteiger partial charge is 0.245 e. The van der Waals surface area contributed by atoms with Crippen molar-refractivity contribution in [3.63, 3.8) is 0 Å². The maximum Gasteiger partial charge on any atom is 0.245 e. The molecule has 0 bridgehead atoms. The third-order valence-corrected chi connectivity index (χ3v) is 3.04. The Kier molecular flexibility index (Phi) is 5.00. The molecule has 1 aromatic rings. The average Bonchev–Trinajstić information content (AvgIpc) is 2.60. The Labute approximate surface area is 119 Å². The van der Waals surface area contributed by atoms with Gasteiger partial charge in [0.25, 0.3) is 0 Å². The summed E-state index contributed by atoms with van der Waals surface area (Å²) in [6.45, 7) is 1.55. The zero-order valence-electron chi connectivity index (χ0n) is 10.3. The first-order valence-electron chi connectivity index (χ1n) is 5.88. The Bertz CT molecular complexity index is 467. The van der Waals surface area contributed by atoms with Crippen LogP contribution in [0.5, 0.6) is 11.5 Å². The molecule has 7 heteroatoms. The molecule has 3 N–H and O–H groups in total. The van der Waals surface area contributed by atoms with E-state index in [1.165, 1.54) is 0 Å². The Morgan fingerprint density at radius 3 is 3.00 bits per heavy atom. The lowest BCUT2D eigenvalue weighted by molar-refractivity contribution is -0.125. The molecule has 2 rings (SSSR count). The van der Waals surface area contributed by atoms with E-state index in [4.69, 9.17) is 20.0 Å². The molecule has 19 heavy (non-hydrogen) atoms. The van der Waals surface area contributed by atoms with Gasteiger partial charge >= 0.3 is 0 Å². The van der Waals surface area contributed by atoms with E-state index < -0.39 is 5.91 Å². The number of primary amides is 1. The second-order valence-electron chi connectivity index (χ2n) is 4.03. The molecule has 0 saturated carbocycles. The van der Waals surface area contributed by atoms with Crippen LogP contribution in [0.25, 0.3) is 0 Å². The minimum absolute atomic E-state index is 0.161. The average molecular weight is 331 g/mol. The molecule has 1 aromatic carbocycles. The van der Waals surface area contributed by atoms with Crippen LogP contribution < -0.4 is 20.7 Å². The van der Waals surface area contributed by atoms with Gasteiger partial charge < -0.3 is 15.2 Å². The first kappa shape index (κ1) is 14.1. The van der Waals surface area contributed by atoms with Crippen LogP contribution in [0.15, 0.2) is 16.6 Å². The van der Waals surface area contributed by atoms with E-state index in [-0.39, 0.29) is 6.61 Å². The highest BCUT2D eigenvalue weighted by atomic mass is 79.9. The van der Waals surface area contributed by atoms with Crippen LogP contribution in [0, 0.1) is 0 Å². The minimum Gasteiger partial charge on any atom is -0.490 e. The maximum atomic E-state index is 10.5. The van der Waals surface area contributed by atoms with E-state index in [2.05, 4.69) is 21.4 Å². The number of carbonyl (C=O) groups excluding carboxylic acids is 1. The van der Waals surface area contributed by atoms with E-state index in [1.807, 2.05) is 12.1 Å².